The first-order valence-electron chi connectivity index (χ1n) is 7.58. The van der Waals surface area contributed by atoms with Crippen LogP contribution in [0.2, 0.25) is 0 Å². The van der Waals surface area contributed by atoms with Gasteiger partial charge in [-0.3, -0.25) is 9.63 Å². The van der Waals surface area contributed by atoms with Crippen molar-refractivity contribution in [1.29, 1.82) is 0 Å². The first-order valence-corrected chi connectivity index (χ1v) is 7.58. The van der Waals surface area contributed by atoms with Crippen LogP contribution < -0.4 is 10.8 Å². The van der Waals surface area contributed by atoms with Crippen LogP contribution in [0.15, 0.2) is 60.7 Å². The molecule has 1 atom stereocenters. The fourth-order valence-electron chi connectivity index (χ4n) is 1.86. The van der Waals surface area contributed by atoms with Crippen molar-refractivity contribution in [3.8, 4) is 0 Å². The first kappa shape index (κ1) is 17.5. The van der Waals surface area contributed by atoms with E-state index in [1.807, 2.05) is 60.7 Å². The molecule has 0 aliphatic rings. The lowest BCUT2D eigenvalue weighted by Crippen LogP contribution is -2.44. The zero-order valence-corrected chi connectivity index (χ0v) is 13.4. The number of hydroxylamine groups is 1. The quantitative estimate of drug-likeness (QED) is 0.766. The van der Waals surface area contributed by atoms with Crippen LogP contribution in [0.25, 0.3) is 0 Å². The fourth-order valence-corrected chi connectivity index (χ4v) is 1.86. The highest BCUT2D eigenvalue weighted by molar-refractivity contribution is 5.84. The van der Waals surface area contributed by atoms with E-state index in [1.165, 1.54) is 0 Å². The van der Waals surface area contributed by atoms with Crippen LogP contribution in [0.1, 0.15) is 18.1 Å². The Morgan fingerprint density at radius 1 is 0.917 bits per heavy atom. The van der Waals surface area contributed by atoms with E-state index in [0.717, 1.165) is 11.1 Å². The maximum absolute atomic E-state index is 11.8. The molecule has 6 nitrogen and oxygen atoms in total. The van der Waals surface area contributed by atoms with Crippen molar-refractivity contribution in [2.24, 2.45) is 0 Å². The summed E-state index contributed by atoms with van der Waals surface area (Å²) in [5.41, 5.74) is 4.10. The predicted molar refractivity (Wildman–Crippen MR) is 88.6 cm³/mol. The molecule has 0 aliphatic carbocycles. The summed E-state index contributed by atoms with van der Waals surface area (Å²) in [7, 11) is 0. The van der Waals surface area contributed by atoms with Gasteiger partial charge in [-0.2, -0.15) is 0 Å². The Bertz CT molecular complexity index is 647. The molecule has 24 heavy (non-hydrogen) atoms. The van der Waals surface area contributed by atoms with Gasteiger partial charge >= 0.3 is 6.09 Å². The molecule has 0 aromatic heterocycles. The Balaban J connectivity index is 1.66. The van der Waals surface area contributed by atoms with Crippen LogP contribution >= 0.6 is 0 Å². The van der Waals surface area contributed by atoms with E-state index in [4.69, 9.17) is 9.57 Å². The van der Waals surface area contributed by atoms with Crippen LogP contribution in [-0.2, 0) is 27.6 Å². The van der Waals surface area contributed by atoms with Crippen molar-refractivity contribution in [2.45, 2.75) is 26.2 Å². The molecule has 0 aliphatic heterocycles. The molecule has 0 spiro atoms. The SMILES string of the molecule is C[C@H](NC(=O)OCc1ccccc1)C(=O)NOCc1ccccc1. The van der Waals surface area contributed by atoms with Crippen molar-refractivity contribution < 1.29 is 19.2 Å². The highest BCUT2D eigenvalue weighted by atomic mass is 16.7. The molecule has 2 rings (SSSR count). The number of carbonyl (C=O) groups excluding carboxylic acids is 2. The highest BCUT2D eigenvalue weighted by Crippen LogP contribution is 2.01. The lowest BCUT2D eigenvalue weighted by Gasteiger charge is -2.14. The second-order valence-corrected chi connectivity index (χ2v) is 5.17. The number of amides is 2. The maximum atomic E-state index is 11.8. The second-order valence-electron chi connectivity index (χ2n) is 5.17. The van der Waals surface area contributed by atoms with E-state index in [2.05, 4.69) is 10.8 Å². The Kier molecular flexibility index (Phi) is 6.79. The number of hydrogen-bond donors (Lipinski definition) is 2. The monoisotopic (exact) mass is 328 g/mol. The van der Waals surface area contributed by atoms with E-state index in [9.17, 15) is 9.59 Å². The molecule has 2 N–H and O–H groups in total. The van der Waals surface area contributed by atoms with Crippen LogP contribution in [0.4, 0.5) is 4.79 Å². The molecule has 2 amide bonds. The van der Waals surface area contributed by atoms with Gasteiger partial charge in [0.15, 0.2) is 0 Å². The Morgan fingerprint density at radius 3 is 2.04 bits per heavy atom. The number of benzene rings is 2. The third-order valence-electron chi connectivity index (χ3n) is 3.19. The number of nitrogens with one attached hydrogen (secondary N) is 2. The maximum Gasteiger partial charge on any atom is 0.408 e. The standard InChI is InChI=1S/C18H20N2O4/c1-14(17(21)20-24-13-16-10-6-3-7-11-16)19-18(22)23-12-15-8-4-2-5-9-15/h2-11,14H,12-13H2,1H3,(H,19,22)(H,20,21)/t14-/m0/s1. The van der Waals surface area contributed by atoms with Gasteiger partial charge in [-0.05, 0) is 18.1 Å². The first-order chi connectivity index (χ1) is 11.6. The van der Waals surface area contributed by atoms with E-state index in [1.54, 1.807) is 6.92 Å². The van der Waals surface area contributed by atoms with Crippen LogP contribution in [0, 0.1) is 0 Å². The smallest absolute Gasteiger partial charge is 0.408 e. The molecule has 0 heterocycles. The molecule has 0 radical (unpaired) electrons. The van der Waals surface area contributed by atoms with Crippen LogP contribution in [0.3, 0.4) is 0 Å². The van der Waals surface area contributed by atoms with E-state index < -0.39 is 18.0 Å². The molecule has 6 heteroatoms. The zero-order chi connectivity index (χ0) is 17.2. The highest BCUT2D eigenvalue weighted by Gasteiger charge is 2.16. The van der Waals surface area contributed by atoms with Gasteiger partial charge in [0.2, 0.25) is 0 Å². The summed E-state index contributed by atoms with van der Waals surface area (Å²) in [6, 6.07) is 17.9. The Labute approximate surface area is 140 Å². The molecule has 0 saturated carbocycles. The molecule has 0 fully saturated rings. The van der Waals surface area contributed by atoms with Gasteiger partial charge in [-0.1, -0.05) is 60.7 Å². The van der Waals surface area contributed by atoms with Crippen molar-refractivity contribution in [1.82, 2.24) is 10.8 Å². The minimum atomic E-state index is -0.774. The van der Waals surface area contributed by atoms with Gasteiger partial charge in [0.1, 0.15) is 12.6 Å². The molecular formula is C18H20N2O4. The van der Waals surface area contributed by atoms with Gasteiger partial charge in [-0.25, -0.2) is 10.3 Å². The molecule has 2 aromatic carbocycles. The average Bonchev–Trinajstić information content (AvgIpc) is 2.61. The van der Waals surface area contributed by atoms with Gasteiger partial charge in [0.25, 0.3) is 5.91 Å². The summed E-state index contributed by atoms with van der Waals surface area (Å²) < 4.78 is 5.05. The van der Waals surface area contributed by atoms with Gasteiger partial charge in [0, 0.05) is 0 Å². The van der Waals surface area contributed by atoms with Gasteiger partial charge < -0.3 is 10.1 Å². The number of carbonyl (C=O) groups is 2. The summed E-state index contributed by atoms with van der Waals surface area (Å²) in [5.74, 6) is -0.456. The lowest BCUT2D eigenvalue weighted by atomic mass is 10.2. The number of ether oxygens (including phenoxy) is 1. The largest absolute Gasteiger partial charge is 0.445 e. The average molecular weight is 328 g/mol. The molecule has 126 valence electrons. The van der Waals surface area contributed by atoms with Gasteiger partial charge in [-0.15, -0.1) is 0 Å². The number of alkyl carbamates (subject to hydrolysis) is 1. The number of rotatable bonds is 7. The molecule has 0 unspecified atom stereocenters. The van der Waals surface area contributed by atoms with Crippen molar-refractivity contribution in [2.75, 3.05) is 0 Å². The molecule has 2 aromatic rings. The molecular weight excluding hydrogens is 308 g/mol. The third kappa shape index (κ3) is 6.10. The normalized spacial score (nSPS) is 11.4. The van der Waals surface area contributed by atoms with Crippen LogP contribution in [-0.4, -0.2) is 18.0 Å². The molecule has 0 saturated heterocycles. The van der Waals surface area contributed by atoms with E-state index >= 15 is 0 Å². The zero-order valence-electron chi connectivity index (χ0n) is 13.4. The fraction of sp³-hybridized carbons (Fsp3) is 0.222. The topological polar surface area (TPSA) is 76.7 Å². The summed E-state index contributed by atoms with van der Waals surface area (Å²) in [5, 5.41) is 2.45. The summed E-state index contributed by atoms with van der Waals surface area (Å²) >= 11 is 0. The number of hydrogen-bond acceptors (Lipinski definition) is 4. The van der Waals surface area contributed by atoms with Crippen molar-refractivity contribution >= 4 is 12.0 Å². The Morgan fingerprint density at radius 2 is 1.46 bits per heavy atom. The van der Waals surface area contributed by atoms with Crippen molar-refractivity contribution in [3.63, 3.8) is 0 Å². The van der Waals surface area contributed by atoms with Gasteiger partial charge in [0.05, 0.1) is 6.61 Å². The summed E-state index contributed by atoms with van der Waals surface area (Å²) in [6.45, 7) is 1.94. The van der Waals surface area contributed by atoms with Crippen molar-refractivity contribution in [3.05, 3.63) is 71.8 Å². The molecule has 0 bridgehead atoms. The third-order valence-corrected chi connectivity index (χ3v) is 3.19. The second kappa shape index (κ2) is 9.32. The minimum Gasteiger partial charge on any atom is -0.445 e. The lowest BCUT2D eigenvalue weighted by molar-refractivity contribution is -0.136. The Hall–Kier alpha value is -2.86. The van der Waals surface area contributed by atoms with E-state index in [-0.39, 0.29) is 13.2 Å². The predicted octanol–water partition coefficient (Wildman–Crippen LogP) is 2.55. The summed E-state index contributed by atoms with van der Waals surface area (Å²) in [6.07, 6.45) is -0.662. The van der Waals surface area contributed by atoms with E-state index in [0.29, 0.717) is 0 Å². The summed E-state index contributed by atoms with van der Waals surface area (Å²) in [4.78, 5) is 28.6. The van der Waals surface area contributed by atoms with Crippen LogP contribution in [0.5, 0.6) is 0 Å². The minimum absolute atomic E-state index is 0.144.